The number of nitrogens with zero attached hydrogens (tertiary/aromatic N) is 4. The second-order valence-electron chi connectivity index (χ2n) is 11.2. The summed E-state index contributed by atoms with van der Waals surface area (Å²) >= 11 is 0. The van der Waals surface area contributed by atoms with Gasteiger partial charge in [0.1, 0.15) is 0 Å². The van der Waals surface area contributed by atoms with E-state index in [0.717, 1.165) is 72.2 Å². The van der Waals surface area contributed by atoms with E-state index in [0.29, 0.717) is 5.82 Å². The molecule has 216 valence electrons. The van der Waals surface area contributed by atoms with Crippen LogP contribution in [-0.4, -0.2) is 19.9 Å². The van der Waals surface area contributed by atoms with Crippen LogP contribution in [-0.2, 0) is 0 Å². The maximum atomic E-state index is 5.28. The molecule has 0 saturated heterocycles. The van der Waals surface area contributed by atoms with Crippen molar-refractivity contribution in [1.82, 2.24) is 19.9 Å². The molecule has 4 nitrogen and oxygen atoms in total. The Morgan fingerprint density at radius 2 is 0.848 bits per heavy atom. The van der Waals surface area contributed by atoms with Gasteiger partial charge in [-0.15, -0.1) is 0 Å². The van der Waals surface area contributed by atoms with Gasteiger partial charge in [0.05, 0.1) is 11.2 Å². The van der Waals surface area contributed by atoms with Crippen LogP contribution in [0, 0.1) is 0 Å². The van der Waals surface area contributed by atoms with E-state index in [-0.39, 0.29) is 0 Å². The Kier molecular flexibility index (Phi) is 7.14. The van der Waals surface area contributed by atoms with Crippen LogP contribution in [0.5, 0.6) is 0 Å². The second-order valence-corrected chi connectivity index (χ2v) is 11.2. The van der Waals surface area contributed by atoms with Crippen LogP contribution in [0.25, 0.3) is 78.1 Å². The lowest BCUT2D eigenvalue weighted by molar-refractivity contribution is 1.23. The van der Waals surface area contributed by atoms with Crippen LogP contribution >= 0.6 is 0 Å². The zero-order valence-corrected chi connectivity index (χ0v) is 25.0. The van der Waals surface area contributed by atoms with E-state index < -0.39 is 0 Å². The third kappa shape index (κ3) is 5.33. The first kappa shape index (κ1) is 27.3. The fourth-order valence-corrected chi connectivity index (χ4v) is 5.92. The normalized spacial score (nSPS) is 11.0. The van der Waals surface area contributed by atoms with Crippen molar-refractivity contribution >= 4 is 10.9 Å². The quantitative estimate of drug-likeness (QED) is 0.194. The lowest BCUT2D eigenvalue weighted by Crippen LogP contribution is -1.98. The minimum Gasteiger partial charge on any atom is -0.264 e. The molecular weight excluding hydrogens is 560 g/mol. The van der Waals surface area contributed by atoms with Gasteiger partial charge in [-0.3, -0.25) is 9.97 Å². The number of pyridine rings is 2. The summed E-state index contributed by atoms with van der Waals surface area (Å²) in [5.41, 5.74) is 12.6. The SMILES string of the molecule is c1ccc(-c2cc(-c3ccccc3)c3nc(-c4ccc(-c5cccnc5)cc4)nc(-c4ccc(-c5cccnc5)cc4)c3c2)cc1. The van der Waals surface area contributed by atoms with Crippen LogP contribution in [0.2, 0.25) is 0 Å². The molecule has 0 saturated carbocycles. The minimum absolute atomic E-state index is 0.682. The van der Waals surface area contributed by atoms with Crippen molar-refractivity contribution in [3.8, 4) is 67.2 Å². The molecule has 0 aliphatic carbocycles. The van der Waals surface area contributed by atoms with Gasteiger partial charge < -0.3 is 0 Å². The molecule has 0 bridgehead atoms. The highest BCUT2D eigenvalue weighted by atomic mass is 14.9. The summed E-state index contributed by atoms with van der Waals surface area (Å²) in [6, 6.07) is 50.5. The molecular formula is C42H28N4. The Labute approximate surface area is 267 Å². The summed E-state index contributed by atoms with van der Waals surface area (Å²) < 4.78 is 0. The summed E-state index contributed by atoms with van der Waals surface area (Å²) in [7, 11) is 0. The first-order chi connectivity index (χ1) is 22.8. The zero-order chi connectivity index (χ0) is 30.7. The van der Waals surface area contributed by atoms with Crippen LogP contribution < -0.4 is 0 Å². The van der Waals surface area contributed by atoms with Crippen molar-refractivity contribution in [3.63, 3.8) is 0 Å². The third-order valence-electron chi connectivity index (χ3n) is 8.28. The average Bonchev–Trinajstić information content (AvgIpc) is 3.15. The summed E-state index contributed by atoms with van der Waals surface area (Å²) in [6.07, 6.45) is 7.36. The zero-order valence-electron chi connectivity index (χ0n) is 25.0. The maximum Gasteiger partial charge on any atom is 0.160 e. The lowest BCUT2D eigenvalue weighted by atomic mass is 9.93. The summed E-state index contributed by atoms with van der Waals surface area (Å²) in [4.78, 5) is 19.2. The van der Waals surface area contributed by atoms with E-state index in [2.05, 4.69) is 131 Å². The molecule has 0 aliphatic heterocycles. The first-order valence-corrected chi connectivity index (χ1v) is 15.3. The second kappa shape index (κ2) is 12.0. The van der Waals surface area contributed by atoms with Gasteiger partial charge in [0.15, 0.2) is 5.82 Å². The molecule has 4 heteroatoms. The summed E-state index contributed by atoms with van der Waals surface area (Å²) in [5.74, 6) is 0.682. The van der Waals surface area contributed by atoms with Gasteiger partial charge in [-0.05, 0) is 63.2 Å². The van der Waals surface area contributed by atoms with E-state index in [1.165, 1.54) is 0 Å². The van der Waals surface area contributed by atoms with Crippen LogP contribution in [0.4, 0.5) is 0 Å². The number of fused-ring (bicyclic) bond motifs is 1. The van der Waals surface area contributed by atoms with Crippen molar-refractivity contribution in [1.29, 1.82) is 0 Å². The topological polar surface area (TPSA) is 51.6 Å². The van der Waals surface area contributed by atoms with Crippen molar-refractivity contribution < 1.29 is 0 Å². The Bertz CT molecular complexity index is 2250. The highest BCUT2D eigenvalue weighted by molar-refractivity contribution is 6.04. The van der Waals surface area contributed by atoms with Gasteiger partial charge in [0.2, 0.25) is 0 Å². The molecule has 0 unspecified atom stereocenters. The Hall–Kier alpha value is -6.26. The molecule has 5 aromatic carbocycles. The minimum atomic E-state index is 0.682. The van der Waals surface area contributed by atoms with Gasteiger partial charge in [-0.1, -0.05) is 121 Å². The number of benzene rings is 5. The van der Waals surface area contributed by atoms with Gasteiger partial charge >= 0.3 is 0 Å². The molecule has 0 N–H and O–H groups in total. The maximum absolute atomic E-state index is 5.28. The highest BCUT2D eigenvalue weighted by Gasteiger charge is 2.18. The standard InChI is InChI=1S/C42H28N4/c1-3-9-29(10-4-1)37-25-38(32-11-5-2-6-12-32)41-39(26-37)40(33-19-15-30(16-20-33)35-13-7-23-43-27-35)45-42(46-41)34-21-17-31(18-22-34)36-14-8-24-44-28-36/h1-28H. The molecule has 3 aromatic heterocycles. The molecule has 0 amide bonds. The van der Waals surface area contributed by atoms with Crippen molar-refractivity contribution in [2.24, 2.45) is 0 Å². The van der Waals surface area contributed by atoms with Gasteiger partial charge in [-0.25, -0.2) is 9.97 Å². The monoisotopic (exact) mass is 588 g/mol. The lowest BCUT2D eigenvalue weighted by Gasteiger charge is -2.16. The van der Waals surface area contributed by atoms with Crippen LogP contribution in [0.1, 0.15) is 0 Å². The van der Waals surface area contributed by atoms with Crippen LogP contribution in [0.15, 0.2) is 170 Å². The molecule has 46 heavy (non-hydrogen) atoms. The average molecular weight is 589 g/mol. The van der Waals surface area contributed by atoms with Gasteiger partial charge in [0.25, 0.3) is 0 Å². The van der Waals surface area contributed by atoms with E-state index in [1.807, 2.05) is 36.7 Å². The molecule has 0 spiro atoms. The van der Waals surface area contributed by atoms with Gasteiger partial charge in [-0.2, -0.15) is 0 Å². The number of aromatic nitrogens is 4. The molecule has 0 fully saturated rings. The Balaban J connectivity index is 1.36. The van der Waals surface area contributed by atoms with Crippen molar-refractivity contribution in [2.75, 3.05) is 0 Å². The van der Waals surface area contributed by atoms with Crippen molar-refractivity contribution in [3.05, 3.63) is 170 Å². The van der Waals surface area contributed by atoms with Gasteiger partial charge in [0, 0.05) is 46.9 Å². The predicted octanol–water partition coefficient (Wildman–Crippen LogP) is 10.4. The molecule has 8 aromatic rings. The Morgan fingerprint density at radius 1 is 0.348 bits per heavy atom. The fraction of sp³-hybridized carbons (Fsp3) is 0. The van der Waals surface area contributed by atoms with E-state index in [9.17, 15) is 0 Å². The Morgan fingerprint density at radius 3 is 1.41 bits per heavy atom. The highest BCUT2D eigenvalue weighted by Crippen LogP contribution is 2.39. The first-order valence-electron chi connectivity index (χ1n) is 15.3. The molecule has 3 heterocycles. The molecule has 8 rings (SSSR count). The predicted molar refractivity (Wildman–Crippen MR) is 188 cm³/mol. The largest absolute Gasteiger partial charge is 0.264 e. The van der Waals surface area contributed by atoms with Crippen LogP contribution in [0.3, 0.4) is 0 Å². The third-order valence-corrected chi connectivity index (χ3v) is 8.28. The fourth-order valence-electron chi connectivity index (χ4n) is 5.92. The van der Waals surface area contributed by atoms with E-state index in [1.54, 1.807) is 12.4 Å². The van der Waals surface area contributed by atoms with Crippen molar-refractivity contribution in [2.45, 2.75) is 0 Å². The number of hydrogen-bond donors (Lipinski definition) is 0. The molecule has 0 aliphatic rings. The number of hydrogen-bond acceptors (Lipinski definition) is 4. The van der Waals surface area contributed by atoms with E-state index >= 15 is 0 Å². The smallest absolute Gasteiger partial charge is 0.160 e. The van der Waals surface area contributed by atoms with E-state index in [4.69, 9.17) is 9.97 Å². The number of rotatable bonds is 6. The molecule has 0 atom stereocenters. The summed E-state index contributed by atoms with van der Waals surface area (Å²) in [5, 5.41) is 1.00. The summed E-state index contributed by atoms with van der Waals surface area (Å²) in [6.45, 7) is 0. The molecule has 0 radical (unpaired) electrons.